The molecule has 2 aliphatic heterocycles. The molecule has 0 aliphatic carbocycles. The molecule has 0 atom stereocenters. The van der Waals surface area contributed by atoms with Gasteiger partial charge in [-0.05, 0) is 57.0 Å². The molecule has 4 rings (SSSR count). The van der Waals surface area contributed by atoms with Crippen LogP contribution in [0.2, 0.25) is 0 Å². The lowest BCUT2D eigenvalue weighted by atomic mass is 9.98. The molecule has 0 radical (unpaired) electrons. The number of likely N-dealkylation sites (tertiary alicyclic amines) is 2. The van der Waals surface area contributed by atoms with Gasteiger partial charge in [-0.3, -0.25) is 9.78 Å². The Kier molecular flexibility index (Phi) is 5.07. The Morgan fingerprint density at radius 2 is 1.85 bits per heavy atom. The average Bonchev–Trinajstić information content (AvgIpc) is 2.73. The second kappa shape index (κ2) is 7.62. The minimum Gasteiger partial charge on any atom is -0.494 e. The maximum atomic E-state index is 13.1. The second-order valence-electron chi connectivity index (χ2n) is 7.33. The van der Waals surface area contributed by atoms with E-state index in [0.29, 0.717) is 11.8 Å². The molecule has 26 heavy (non-hydrogen) atoms. The number of nitrogens with zero attached hydrogens (tertiary/aromatic N) is 3. The highest BCUT2D eigenvalue weighted by Gasteiger charge is 2.28. The molecule has 1 aromatic carbocycles. The fraction of sp³-hybridized carbons (Fsp3) is 0.524. The first-order valence-corrected chi connectivity index (χ1v) is 9.73. The van der Waals surface area contributed by atoms with Gasteiger partial charge < -0.3 is 14.5 Å². The highest BCUT2D eigenvalue weighted by molar-refractivity contribution is 6.07. The van der Waals surface area contributed by atoms with Gasteiger partial charge in [0.2, 0.25) is 0 Å². The smallest absolute Gasteiger partial charge is 0.254 e. The highest BCUT2D eigenvalue weighted by atomic mass is 16.5. The third-order valence-corrected chi connectivity index (χ3v) is 5.84. The predicted octanol–water partition coefficient (Wildman–Crippen LogP) is 3.33. The van der Waals surface area contributed by atoms with Crippen molar-refractivity contribution in [3.63, 3.8) is 0 Å². The van der Waals surface area contributed by atoms with Crippen LogP contribution in [0.3, 0.4) is 0 Å². The van der Waals surface area contributed by atoms with E-state index in [1.165, 1.54) is 32.4 Å². The highest BCUT2D eigenvalue weighted by Crippen LogP contribution is 2.28. The van der Waals surface area contributed by atoms with Crippen LogP contribution in [-0.4, -0.2) is 60.0 Å². The van der Waals surface area contributed by atoms with E-state index >= 15 is 0 Å². The number of aromatic nitrogens is 1. The number of hydrogen-bond acceptors (Lipinski definition) is 4. The van der Waals surface area contributed by atoms with Crippen molar-refractivity contribution < 1.29 is 9.53 Å². The molecule has 1 amide bonds. The van der Waals surface area contributed by atoms with Crippen LogP contribution in [-0.2, 0) is 0 Å². The number of methoxy groups -OCH3 is 1. The van der Waals surface area contributed by atoms with Crippen LogP contribution in [0, 0.1) is 0 Å². The molecular weight excluding hydrogens is 326 g/mol. The number of carbonyl (C=O) groups is 1. The van der Waals surface area contributed by atoms with E-state index in [1.807, 2.05) is 29.2 Å². The van der Waals surface area contributed by atoms with Crippen molar-refractivity contribution in [2.24, 2.45) is 0 Å². The Hall–Kier alpha value is -2.14. The van der Waals surface area contributed by atoms with E-state index in [4.69, 9.17) is 4.74 Å². The van der Waals surface area contributed by atoms with E-state index in [9.17, 15) is 4.79 Å². The molecule has 0 bridgehead atoms. The van der Waals surface area contributed by atoms with Crippen LogP contribution in [0.25, 0.3) is 10.9 Å². The molecule has 5 heteroatoms. The molecule has 2 aromatic rings. The van der Waals surface area contributed by atoms with Crippen molar-refractivity contribution >= 4 is 16.8 Å². The molecule has 1 aromatic heterocycles. The van der Waals surface area contributed by atoms with Gasteiger partial charge in [-0.25, -0.2) is 0 Å². The van der Waals surface area contributed by atoms with E-state index in [0.717, 1.165) is 42.4 Å². The number of benzene rings is 1. The summed E-state index contributed by atoms with van der Waals surface area (Å²) in [7, 11) is 1.64. The van der Waals surface area contributed by atoms with Crippen LogP contribution in [0.15, 0.2) is 30.5 Å². The zero-order valence-corrected chi connectivity index (χ0v) is 15.5. The number of amides is 1. The van der Waals surface area contributed by atoms with Gasteiger partial charge in [0.1, 0.15) is 11.3 Å². The van der Waals surface area contributed by atoms with E-state index < -0.39 is 0 Å². The Balaban J connectivity index is 1.50. The van der Waals surface area contributed by atoms with Crippen molar-refractivity contribution in [1.82, 2.24) is 14.8 Å². The number of hydrogen-bond donors (Lipinski definition) is 0. The summed E-state index contributed by atoms with van der Waals surface area (Å²) in [6.07, 6.45) is 7.92. The number of rotatable bonds is 3. The van der Waals surface area contributed by atoms with Gasteiger partial charge in [-0.15, -0.1) is 0 Å². The summed E-state index contributed by atoms with van der Waals surface area (Å²) in [6, 6.07) is 8.21. The van der Waals surface area contributed by atoms with Crippen LogP contribution in [0.1, 0.15) is 42.5 Å². The van der Waals surface area contributed by atoms with Gasteiger partial charge in [-0.1, -0.05) is 12.5 Å². The van der Waals surface area contributed by atoms with E-state index in [-0.39, 0.29) is 5.91 Å². The average molecular weight is 353 g/mol. The van der Waals surface area contributed by atoms with Crippen LogP contribution in [0.4, 0.5) is 0 Å². The number of pyridine rings is 1. The second-order valence-corrected chi connectivity index (χ2v) is 7.33. The van der Waals surface area contributed by atoms with Crippen molar-refractivity contribution in [3.8, 4) is 5.75 Å². The zero-order chi connectivity index (χ0) is 17.9. The SMILES string of the molecule is COc1ccc(C(=O)N2CCC(N3CCCCC3)CC2)c2cccnc12. The van der Waals surface area contributed by atoms with E-state index in [2.05, 4.69) is 9.88 Å². The number of piperidine rings is 2. The first kappa shape index (κ1) is 17.3. The third-order valence-electron chi connectivity index (χ3n) is 5.84. The molecule has 0 spiro atoms. The lowest BCUT2D eigenvalue weighted by Gasteiger charge is -2.40. The molecular formula is C21H27N3O2. The first-order valence-electron chi connectivity index (χ1n) is 9.73. The summed E-state index contributed by atoms with van der Waals surface area (Å²) in [6.45, 7) is 4.14. The molecule has 0 unspecified atom stereocenters. The molecule has 2 saturated heterocycles. The molecule has 3 heterocycles. The minimum atomic E-state index is 0.114. The Morgan fingerprint density at radius 1 is 1.08 bits per heavy atom. The minimum absolute atomic E-state index is 0.114. The summed E-state index contributed by atoms with van der Waals surface area (Å²) in [4.78, 5) is 22.2. The largest absolute Gasteiger partial charge is 0.494 e. The molecule has 0 saturated carbocycles. The summed E-state index contributed by atoms with van der Waals surface area (Å²) < 4.78 is 5.40. The zero-order valence-electron chi connectivity index (χ0n) is 15.5. The third kappa shape index (κ3) is 3.28. The number of carbonyl (C=O) groups excluding carboxylic acids is 1. The maximum Gasteiger partial charge on any atom is 0.254 e. The lowest BCUT2D eigenvalue weighted by Crippen LogP contribution is -2.48. The standard InChI is InChI=1S/C21H27N3O2/c1-26-19-8-7-18(17-6-5-11-22-20(17)19)21(25)24-14-9-16(10-15-24)23-12-3-2-4-13-23/h5-8,11,16H,2-4,9-10,12-15H2,1H3. The van der Waals surface area contributed by atoms with Gasteiger partial charge in [-0.2, -0.15) is 0 Å². The van der Waals surface area contributed by atoms with Gasteiger partial charge in [0.25, 0.3) is 5.91 Å². The first-order chi connectivity index (χ1) is 12.8. The van der Waals surface area contributed by atoms with Crippen LogP contribution in [0.5, 0.6) is 5.75 Å². The molecule has 138 valence electrons. The quantitative estimate of drug-likeness (QED) is 0.849. The van der Waals surface area contributed by atoms with Gasteiger partial charge in [0, 0.05) is 36.3 Å². The van der Waals surface area contributed by atoms with Gasteiger partial charge >= 0.3 is 0 Å². The fourth-order valence-electron chi connectivity index (χ4n) is 4.39. The Bertz CT molecular complexity index is 778. The Labute approximate surface area is 154 Å². The van der Waals surface area contributed by atoms with Crippen molar-refractivity contribution in [3.05, 3.63) is 36.0 Å². The van der Waals surface area contributed by atoms with Crippen molar-refractivity contribution in [2.75, 3.05) is 33.3 Å². The van der Waals surface area contributed by atoms with Gasteiger partial charge in [0.15, 0.2) is 0 Å². The van der Waals surface area contributed by atoms with E-state index in [1.54, 1.807) is 13.3 Å². The monoisotopic (exact) mass is 353 g/mol. The van der Waals surface area contributed by atoms with Gasteiger partial charge in [0.05, 0.1) is 7.11 Å². The summed E-state index contributed by atoms with van der Waals surface area (Å²) in [5.41, 5.74) is 1.48. The molecule has 0 N–H and O–H groups in total. The number of ether oxygens (including phenoxy) is 1. The fourth-order valence-corrected chi connectivity index (χ4v) is 4.39. The van der Waals surface area contributed by atoms with Crippen LogP contribution < -0.4 is 4.74 Å². The maximum absolute atomic E-state index is 13.1. The summed E-state index contributed by atoms with van der Waals surface area (Å²) >= 11 is 0. The summed E-state index contributed by atoms with van der Waals surface area (Å²) in [5, 5.41) is 0.870. The molecule has 2 aliphatic rings. The lowest BCUT2D eigenvalue weighted by molar-refractivity contribution is 0.0591. The Morgan fingerprint density at radius 3 is 2.58 bits per heavy atom. The molecule has 5 nitrogen and oxygen atoms in total. The van der Waals surface area contributed by atoms with Crippen molar-refractivity contribution in [1.29, 1.82) is 0 Å². The van der Waals surface area contributed by atoms with Crippen LogP contribution >= 0.6 is 0 Å². The van der Waals surface area contributed by atoms with Crippen molar-refractivity contribution in [2.45, 2.75) is 38.1 Å². The predicted molar refractivity (Wildman–Crippen MR) is 103 cm³/mol. The summed E-state index contributed by atoms with van der Waals surface area (Å²) in [5.74, 6) is 0.823. The normalized spacial score (nSPS) is 19.7. The number of fused-ring (bicyclic) bond motifs is 1. The topological polar surface area (TPSA) is 45.7 Å². The molecule has 2 fully saturated rings.